The Kier molecular flexibility index (Phi) is 8.59. The van der Waals surface area contributed by atoms with Crippen molar-refractivity contribution in [1.82, 2.24) is 19.8 Å². The van der Waals surface area contributed by atoms with E-state index in [2.05, 4.69) is 58.9 Å². The summed E-state index contributed by atoms with van der Waals surface area (Å²) in [6, 6.07) is 6.68. The van der Waals surface area contributed by atoms with Gasteiger partial charge < -0.3 is 19.5 Å². The molecule has 0 amide bonds. The Bertz CT molecular complexity index is 762. The van der Waals surface area contributed by atoms with Crippen LogP contribution in [0.25, 0.3) is 0 Å². The SMILES string of the molecule is CCNC(=NCc1ccc(OC)c(C)c1)N1CCC(C)C(n2ccnc2)C1.I. The van der Waals surface area contributed by atoms with Crippen LogP contribution in [0.3, 0.4) is 0 Å². The molecule has 2 heterocycles. The number of benzene rings is 1. The Morgan fingerprint density at radius 3 is 2.86 bits per heavy atom. The largest absolute Gasteiger partial charge is 0.496 e. The van der Waals surface area contributed by atoms with E-state index in [4.69, 9.17) is 9.73 Å². The molecule has 1 N–H and O–H groups in total. The number of halogens is 1. The van der Waals surface area contributed by atoms with Crippen LogP contribution >= 0.6 is 24.0 Å². The van der Waals surface area contributed by atoms with Crippen LogP contribution in [-0.4, -0.2) is 47.2 Å². The average Bonchev–Trinajstić information content (AvgIpc) is 3.20. The van der Waals surface area contributed by atoms with E-state index in [0.29, 0.717) is 18.5 Å². The third kappa shape index (κ3) is 5.40. The van der Waals surface area contributed by atoms with Crippen LogP contribution in [0.4, 0.5) is 0 Å². The predicted octanol–water partition coefficient (Wildman–Crippen LogP) is 3.87. The maximum absolute atomic E-state index is 5.35. The molecule has 0 saturated carbocycles. The zero-order valence-corrected chi connectivity index (χ0v) is 19.6. The molecule has 1 fully saturated rings. The highest BCUT2D eigenvalue weighted by Gasteiger charge is 2.28. The fraction of sp³-hybridized carbons (Fsp3) is 0.524. The summed E-state index contributed by atoms with van der Waals surface area (Å²) in [4.78, 5) is 11.5. The number of ether oxygens (including phenoxy) is 1. The lowest BCUT2D eigenvalue weighted by molar-refractivity contribution is 0.189. The first-order valence-electron chi connectivity index (χ1n) is 9.76. The fourth-order valence-corrected chi connectivity index (χ4v) is 3.73. The number of imidazole rings is 1. The smallest absolute Gasteiger partial charge is 0.194 e. The van der Waals surface area contributed by atoms with Crippen molar-refractivity contribution < 1.29 is 4.74 Å². The topological polar surface area (TPSA) is 54.7 Å². The fourth-order valence-electron chi connectivity index (χ4n) is 3.73. The lowest BCUT2D eigenvalue weighted by Gasteiger charge is -2.39. The molecule has 1 aliphatic heterocycles. The van der Waals surface area contributed by atoms with Gasteiger partial charge in [0.15, 0.2) is 5.96 Å². The van der Waals surface area contributed by atoms with Crippen LogP contribution in [0, 0.1) is 12.8 Å². The third-order valence-corrected chi connectivity index (χ3v) is 5.33. The summed E-state index contributed by atoms with van der Waals surface area (Å²) in [5, 5.41) is 3.47. The molecular weight excluding hydrogens is 465 g/mol. The number of aryl methyl sites for hydroxylation is 1. The van der Waals surface area contributed by atoms with Gasteiger partial charge in [-0.3, -0.25) is 0 Å². The van der Waals surface area contributed by atoms with Gasteiger partial charge in [0.2, 0.25) is 0 Å². The van der Waals surface area contributed by atoms with Crippen LogP contribution in [0.2, 0.25) is 0 Å². The summed E-state index contributed by atoms with van der Waals surface area (Å²) >= 11 is 0. The van der Waals surface area contributed by atoms with Crippen LogP contribution in [-0.2, 0) is 6.54 Å². The standard InChI is InChI=1S/C21H31N5O.HI/c1-5-23-21(24-13-18-6-7-20(27-4)17(3)12-18)25-10-8-16(2)19(14-25)26-11-9-22-15-26;/h6-7,9,11-12,15-16,19H,5,8,10,13-14H2,1-4H3,(H,23,24);1H. The zero-order chi connectivity index (χ0) is 19.2. The predicted molar refractivity (Wildman–Crippen MR) is 125 cm³/mol. The molecule has 28 heavy (non-hydrogen) atoms. The average molecular weight is 497 g/mol. The summed E-state index contributed by atoms with van der Waals surface area (Å²) in [5.41, 5.74) is 2.34. The van der Waals surface area contributed by atoms with Gasteiger partial charge in [0.1, 0.15) is 5.75 Å². The number of guanidine groups is 1. The number of piperidine rings is 1. The first-order valence-corrected chi connectivity index (χ1v) is 9.76. The maximum atomic E-state index is 5.35. The maximum Gasteiger partial charge on any atom is 0.194 e. The second-order valence-corrected chi connectivity index (χ2v) is 7.26. The van der Waals surface area contributed by atoms with Gasteiger partial charge >= 0.3 is 0 Å². The molecular formula is C21H32IN5O. The Labute approximate surface area is 185 Å². The summed E-state index contributed by atoms with van der Waals surface area (Å²) in [5.74, 6) is 2.54. The molecule has 1 aromatic heterocycles. The van der Waals surface area contributed by atoms with Gasteiger partial charge in [0.05, 0.1) is 26.0 Å². The molecule has 3 rings (SSSR count). The number of rotatable bonds is 5. The molecule has 1 saturated heterocycles. The van der Waals surface area contributed by atoms with Crippen molar-refractivity contribution in [3.63, 3.8) is 0 Å². The van der Waals surface area contributed by atoms with E-state index < -0.39 is 0 Å². The molecule has 0 aliphatic carbocycles. The van der Waals surface area contributed by atoms with Crippen LogP contribution in [0.5, 0.6) is 5.75 Å². The number of hydrogen-bond acceptors (Lipinski definition) is 3. The molecule has 0 spiro atoms. The number of likely N-dealkylation sites (tertiary alicyclic amines) is 1. The van der Waals surface area contributed by atoms with Gasteiger partial charge in [-0.25, -0.2) is 9.98 Å². The van der Waals surface area contributed by atoms with E-state index in [9.17, 15) is 0 Å². The molecule has 0 bridgehead atoms. The molecule has 2 atom stereocenters. The second kappa shape index (κ2) is 10.7. The van der Waals surface area contributed by atoms with Crippen molar-refractivity contribution >= 4 is 29.9 Å². The molecule has 7 heteroatoms. The van der Waals surface area contributed by atoms with Gasteiger partial charge in [-0.15, -0.1) is 24.0 Å². The quantitative estimate of drug-likeness (QED) is 0.387. The number of nitrogens with zero attached hydrogens (tertiary/aromatic N) is 4. The zero-order valence-electron chi connectivity index (χ0n) is 17.3. The van der Waals surface area contributed by atoms with E-state index in [1.807, 2.05) is 18.6 Å². The van der Waals surface area contributed by atoms with Crippen molar-refractivity contribution in [1.29, 1.82) is 0 Å². The van der Waals surface area contributed by atoms with Gasteiger partial charge in [-0.1, -0.05) is 19.1 Å². The van der Waals surface area contributed by atoms with E-state index in [1.165, 1.54) is 5.56 Å². The monoisotopic (exact) mass is 497 g/mol. The van der Waals surface area contributed by atoms with E-state index in [0.717, 1.165) is 43.3 Å². The van der Waals surface area contributed by atoms with Crippen molar-refractivity contribution in [3.05, 3.63) is 48.0 Å². The molecule has 0 radical (unpaired) electrons. The Balaban J connectivity index is 0.00000280. The number of nitrogens with one attached hydrogen (secondary N) is 1. The van der Waals surface area contributed by atoms with Gasteiger partial charge in [0.25, 0.3) is 0 Å². The molecule has 1 aliphatic rings. The first kappa shape index (κ1) is 22.5. The minimum absolute atomic E-state index is 0. The van der Waals surface area contributed by atoms with Crippen molar-refractivity contribution in [2.24, 2.45) is 10.9 Å². The summed E-state index contributed by atoms with van der Waals surface area (Å²) in [7, 11) is 1.71. The van der Waals surface area contributed by atoms with Crippen LogP contribution in [0.15, 0.2) is 41.9 Å². The Morgan fingerprint density at radius 2 is 2.21 bits per heavy atom. The third-order valence-electron chi connectivity index (χ3n) is 5.33. The van der Waals surface area contributed by atoms with E-state index >= 15 is 0 Å². The number of aliphatic imine (C=N–C) groups is 1. The molecule has 2 unspecified atom stereocenters. The highest BCUT2D eigenvalue weighted by molar-refractivity contribution is 14.0. The molecule has 2 aromatic rings. The number of hydrogen-bond donors (Lipinski definition) is 1. The van der Waals surface area contributed by atoms with E-state index in [-0.39, 0.29) is 24.0 Å². The summed E-state index contributed by atoms with van der Waals surface area (Å²) in [6.07, 6.45) is 7.00. The minimum atomic E-state index is 0. The molecule has 154 valence electrons. The van der Waals surface area contributed by atoms with Gasteiger partial charge in [-0.2, -0.15) is 0 Å². The van der Waals surface area contributed by atoms with Crippen molar-refractivity contribution in [2.75, 3.05) is 26.7 Å². The lowest BCUT2D eigenvalue weighted by Crippen LogP contribution is -2.49. The Hall–Kier alpha value is -1.77. The molecule has 1 aromatic carbocycles. The summed E-state index contributed by atoms with van der Waals surface area (Å²) < 4.78 is 7.58. The second-order valence-electron chi connectivity index (χ2n) is 7.26. The van der Waals surface area contributed by atoms with Crippen LogP contribution < -0.4 is 10.1 Å². The highest BCUT2D eigenvalue weighted by Crippen LogP contribution is 2.27. The van der Waals surface area contributed by atoms with Crippen LogP contribution in [0.1, 0.15) is 37.4 Å². The molecule has 6 nitrogen and oxygen atoms in total. The normalized spacial score (nSPS) is 19.9. The number of methoxy groups -OCH3 is 1. The minimum Gasteiger partial charge on any atom is -0.496 e. The van der Waals surface area contributed by atoms with Gasteiger partial charge in [0, 0.05) is 32.0 Å². The number of aromatic nitrogens is 2. The van der Waals surface area contributed by atoms with E-state index in [1.54, 1.807) is 7.11 Å². The highest BCUT2D eigenvalue weighted by atomic mass is 127. The van der Waals surface area contributed by atoms with Crippen molar-refractivity contribution in [2.45, 2.75) is 39.8 Å². The van der Waals surface area contributed by atoms with Crippen molar-refractivity contribution in [3.8, 4) is 5.75 Å². The summed E-state index contributed by atoms with van der Waals surface area (Å²) in [6.45, 7) is 10.0. The first-order chi connectivity index (χ1) is 13.1. The Morgan fingerprint density at radius 1 is 1.39 bits per heavy atom. The van der Waals surface area contributed by atoms with Gasteiger partial charge in [-0.05, 0) is 43.4 Å². The lowest BCUT2D eigenvalue weighted by atomic mass is 9.93.